The van der Waals surface area contributed by atoms with Crippen LogP contribution in [0.3, 0.4) is 0 Å². The molecule has 2 bridgehead atoms. The summed E-state index contributed by atoms with van der Waals surface area (Å²) in [6.45, 7) is 3.07. The summed E-state index contributed by atoms with van der Waals surface area (Å²) in [5, 5.41) is 2.66. The maximum absolute atomic E-state index is 12.8. The van der Waals surface area contributed by atoms with E-state index in [-0.39, 0.29) is 35.5 Å². The molecule has 2 aliphatic carbocycles. The van der Waals surface area contributed by atoms with Gasteiger partial charge in [0.25, 0.3) is 5.91 Å². The van der Waals surface area contributed by atoms with Crippen molar-refractivity contribution < 1.29 is 23.9 Å². The van der Waals surface area contributed by atoms with Crippen LogP contribution in [0, 0.1) is 23.7 Å². The fourth-order valence-electron chi connectivity index (χ4n) is 5.20. The number of carbonyl (C=O) groups is 4. The van der Waals surface area contributed by atoms with E-state index in [1.807, 2.05) is 19.1 Å². The molecule has 154 valence electrons. The molecule has 0 radical (unpaired) electrons. The van der Waals surface area contributed by atoms with Crippen molar-refractivity contribution in [2.45, 2.75) is 45.6 Å². The standard InChI is InChI=1S/C22H26N2O5/c1-3-13-4-8-16(9-5-13)23-17(25)11-29-22(28)12(2)24-20(26)18-14-6-7-15(10-14)19(18)21(24)27/h4-5,8-9,12,14-15,18-19H,3,6-7,10-11H2,1-2H3,(H,23,25)/t12-,14-,15+,18-,19+/m1/s1. The first-order valence-electron chi connectivity index (χ1n) is 10.3. The maximum Gasteiger partial charge on any atom is 0.329 e. The number of nitrogens with zero attached hydrogens (tertiary/aromatic N) is 1. The van der Waals surface area contributed by atoms with Crippen LogP contribution in [0.1, 0.15) is 38.7 Å². The van der Waals surface area contributed by atoms with Crippen molar-refractivity contribution in [1.82, 2.24) is 4.90 Å². The van der Waals surface area contributed by atoms with Gasteiger partial charge in [-0.05, 0) is 62.1 Å². The molecular formula is C22H26N2O5. The van der Waals surface area contributed by atoms with Crippen molar-refractivity contribution in [2.75, 3.05) is 11.9 Å². The molecule has 3 fully saturated rings. The van der Waals surface area contributed by atoms with E-state index < -0.39 is 24.5 Å². The van der Waals surface area contributed by atoms with Crippen LogP contribution in [-0.4, -0.2) is 41.2 Å². The van der Waals surface area contributed by atoms with Crippen molar-refractivity contribution in [3.05, 3.63) is 29.8 Å². The minimum Gasteiger partial charge on any atom is -0.454 e. The molecule has 3 aliphatic rings. The Morgan fingerprint density at radius 2 is 1.69 bits per heavy atom. The fourth-order valence-corrected chi connectivity index (χ4v) is 5.20. The highest BCUT2D eigenvalue weighted by Crippen LogP contribution is 2.56. The molecule has 1 aliphatic heterocycles. The zero-order valence-corrected chi connectivity index (χ0v) is 16.7. The maximum atomic E-state index is 12.8. The molecule has 5 atom stereocenters. The molecule has 0 spiro atoms. The smallest absolute Gasteiger partial charge is 0.329 e. The van der Waals surface area contributed by atoms with Gasteiger partial charge in [0.2, 0.25) is 11.8 Å². The Kier molecular flexibility index (Phi) is 5.15. The van der Waals surface area contributed by atoms with Crippen molar-refractivity contribution in [3.8, 4) is 0 Å². The van der Waals surface area contributed by atoms with Crippen LogP contribution >= 0.6 is 0 Å². The summed E-state index contributed by atoms with van der Waals surface area (Å²) in [5.74, 6) is -1.73. The molecule has 7 nitrogen and oxygen atoms in total. The Balaban J connectivity index is 1.32. The highest BCUT2D eigenvalue weighted by molar-refractivity contribution is 6.08. The lowest BCUT2D eigenvalue weighted by atomic mass is 9.81. The zero-order chi connectivity index (χ0) is 20.7. The number of aryl methyl sites for hydroxylation is 1. The number of nitrogens with one attached hydrogen (secondary N) is 1. The molecule has 1 N–H and O–H groups in total. The molecule has 1 aromatic rings. The Hall–Kier alpha value is -2.70. The Morgan fingerprint density at radius 1 is 1.10 bits per heavy atom. The van der Waals surface area contributed by atoms with Gasteiger partial charge in [-0.1, -0.05) is 19.1 Å². The number of benzene rings is 1. The number of esters is 1. The molecule has 0 aromatic heterocycles. The Labute approximate surface area is 169 Å². The number of ether oxygens (including phenoxy) is 1. The summed E-state index contributed by atoms with van der Waals surface area (Å²) in [6, 6.07) is 6.39. The molecular weight excluding hydrogens is 372 g/mol. The van der Waals surface area contributed by atoms with Gasteiger partial charge in [-0.15, -0.1) is 0 Å². The number of anilines is 1. The van der Waals surface area contributed by atoms with Crippen LogP contribution in [0.15, 0.2) is 24.3 Å². The molecule has 7 heteroatoms. The van der Waals surface area contributed by atoms with Crippen LogP contribution in [0.25, 0.3) is 0 Å². The lowest BCUT2D eigenvalue weighted by Crippen LogP contribution is -2.45. The van der Waals surface area contributed by atoms with E-state index in [0.717, 1.165) is 36.1 Å². The summed E-state index contributed by atoms with van der Waals surface area (Å²) in [4.78, 5) is 51.1. The van der Waals surface area contributed by atoms with Gasteiger partial charge >= 0.3 is 5.97 Å². The monoisotopic (exact) mass is 398 g/mol. The predicted octanol–water partition coefficient (Wildman–Crippen LogP) is 2.15. The number of fused-ring (bicyclic) bond motifs is 5. The van der Waals surface area contributed by atoms with Crippen LogP contribution in [-0.2, 0) is 30.3 Å². The fraction of sp³-hybridized carbons (Fsp3) is 0.545. The van der Waals surface area contributed by atoms with Gasteiger partial charge < -0.3 is 10.1 Å². The minimum atomic E-state index is -1.02. The second kappa shape index (κ2) is 7.61. The number of rotatable bonds is 6. The van der Waals surface area contributed by atoms with E-state index in [1.165, 1.54) is 6.92 Å². The normalized spacial score (nSPS) is 28.4. The van der Waals surface area contributed by atoms with Crippen LogP contribution in [0.2, 0.25) is 0 Å². The lowest BCUT2D eigenvalue weighted by Gasteiger charge is -2.23. The predicted molar refractivity (Wildman–Crippen MR) is 105 cm³/mol. The third kappa shape index (κ3) is 3.43. The largest absolute Gasteiger partial charge is 0.454 e. The molecule has 1 aromatic carbocycles. The van der Waals surface area contributed by atoms with Crippen molar-refractivity contribution in [3.63, 3.8) is 0 Å². The van der Waals surface area contributed by atoms with Gasteiger partial charge in [-0.3, -0.25) is 19.3 Å². The quantitative estimate of drug-likeness (QED) is 0.585. The lowest BCUT2D eigenvalue weighted by molar-refractivity contribution is -0.159. The second-order valence-corrected chi connectivity index (χ2v) is 8.31. The van der Waals surface area contributed by atoms with Crippen LogP contribution in [0.5, 0.6) is 0 Å². The first kappa shape index (κ1) is 19.6. The van der Waals surface area contributed by atoms with Gasteiger partial charge in [-0.25, -0.2) is 4.79 Å². The van der Waals surface area contributed by atoms with Crippen molar-refractivity contribution >= 4 is 29.4 Å². The first-order chi connectivity index (χ1) is 13.9. The highest BCUT2D eigenvalue weighted by atomic mass is 16.5. The Morgan fingerprint density at radius 3 is 2.24 bits per heavy atom. The molecule has 1 saturated heterocycles. The van der Waals surface area contributed by atoms with Gasteiger partial charge in [0.15, 0.2) is 6.61 Å². The van der Waals surface area contributed by atoms with Gasteiger partial charge in [0.1, 0.15) is 6.04 Å². The first-order valence-corrected chi connectivity index (χ1v) is 10.3. The number of likely N-dealkylation sites (tertiary alicyclic amines) is 1. The van der Waals surface area contributed by atoms with Crippen LogP contribution < -0.4 is 5.32 Å². The van der Waals surface area contributed by atoms with E-state index in [0.29, 0.717) is 5.69 Å². The van der Waals surface area contributed by atoms with E-state index in [1.54, 1.807) is 12.1 Å². The molecule has 29 heavy (non-hydrogen) atoms. The summed E-state index contributed by atoms with van der Waals surface area (Å²) >= 11 is 0. The van der Waals surface area contributed by atoms with E-state index in [4.69, 9.17) is 4.74 Å². The summed E-state index contributed by atoms with van der Waals surface area (Å²) in [6.07, 6.45) is 3.81. The SMILES string of the molecule is CCc1ccc(NC(=O)COC(=O)[C@@H](C)N2C(=O)[C@@H]3[C@@H]4CC[C@@H](C4)[C@@H]3C2=O)cc1. The third-order valence-corrected chi connectivity index (χ3v) is 6.68. The number of imide groups is 1. The average Bonchev–Trinajstić information content (AvgIpc) is 3.40. The average molecular weight is 398 g/mol. The molecule has 4 rings (SSSR count). The topological polar surface area (TPSA) is 92.8 Å². The van der Waals surface area contributed by atoms with E-state index in [2.05, 4.69) is 5.32 Å². The van der Waals surface area contributed by atoms with E-state index >= 15 is 0 Å². The van der Waals surface area contributed by atoms with E-state index in [9.17, 15) is 19.2 Å². The van der Waals surface area contributed by atoms with Crippen LogP contribution in [0.4, 0.5) is 5.69 Å². The number of hydrogen-bond acceptors (Lipinski definition) is 5. The highest BCUT2D eigenvalue weighted by Gasteiger charge is 2.62. The van der Waals surface area contributed by atoms with Gasteiger partial charge in [0.05, 0.1) is 11.8 Å². The zero-order valence-electron chi connectivity index (χ0n) is 16.7. The number of amides is 3. The minimum absolute atomic E-state index is 0.253. The van der Waals surface area contributed by atoms with Crippen molar-refractivity contribution in [2.24, 2.45) is 23.7 Å². The summed E-state index contributed by atoms with van der Waals surface area (Å²) in [7, 11) is 0. The van der Waals surface area contributed by atoms with Gasteiger partial charge in [0, 0.05) is 5.69 Å². The number of hydrogen-bond donors (Lipinski definition) is 1. The summed E-state index contributed by atoms with van der Waals surface area (Å²) in [5.41, 5.74) is 1.77. The summed E-state index contributed by atoms with van der Waals surface area (Å²) < 4.78 is 5.09. The Bertz CT molecular complexity index is 821. The molecule has 0 unspecified atom stereocenters. The third-order valence-electron chi connectivity index (χ3n) is 6.68. The second-order valence-electron chi connectivity index (χ2n) is 8.31. The van der Waals surface area contributed by atoms with Crippen molar-refractivity contribution in [1.29, 1.82) is 0 Å². The molecule has 3 amide bonds. The molecule has 2 saturated carbocycles. The number of carbonyl (C=O) groups excluding carboxylic acids is 4. The van der Waals surface area contributed by atoms with Gasteiger partial charge in [-0.2, -0.15) is 0 Å². The molecule has 1 heterocycles.